The Kier molecular flexibility index (Phi) is 5.76. The van der Waals surface area contributed by atoms with Crippen molar-refractivity contribution in [2.24, 2.45) is 0 Å². The number of hydrogen-bond acceptors (Lipinski definition) is 8. The zero-order chi connectivity index (χ0) is 23.7. The van der Waals surface area contributed by atoms with Crippen molar-refractivity contribution in [2.45, 2.75) is 6.54 Å². The van der Waals surface area contributed by atoms with E-state index in [0.29, 0.717) is 42.6 Å². The van der Waals surface area contributed by atoms with Crippen LogP contribution in [0.25, 0.3) is 22.3 Å². The van der Waals surface area contributed by atoms with Crippen LogP contribution in [-0.4, -0.2) is 67.1 Å². The van der Waals surface area contributed by atoms with Gasteiger partial charge in [-0.2, -0.15) is 4.80 Å². The van der Waals surface area contributed by atoms with Crippen LogP contribution in [0.1, 0.15) is 0 Å². The quantitative estimate of drug-likeness (QED) is 0.317. The first-order valence-electron chi connectivity index (χ1n) is 10.6. The van der Waals surface area contributed by atoms with Gasteiger partial charge < -0.3 is 9.80 Å². The molecule has 0 bridgehead atoms. The highest BCUT2D eigenvalue weighted by Crippen LogP contribution is 2.28. The Labute approximate surface area is 198 Å². The van der Waals surface area contributed by atoms with Gasteiger partial charge in [-0.05, 0) is 41.6 Å². The molecule has 2 aromatic carbocycles. The van der Waals surface area contributed by atoms with Crippen molar-refractivity contribution in [3.8, 4) is 11.4 Å². The molecule has 0 atom stereocenters. The van der Waals surface area contributed by atoms with Crippen molar-refractivity contribution in [3.63, 3.8) is 0 Å². The molecule has 0 saturated carbocycles. The number of fused-ring (bicyclic) bond motifs is 1. The van der Waals surface area contributed by atoms with E-state index in [1.165, 1.54) is 16.9 Å². The number of rotatable bonds is 5. The van der Waals surface area contributed by atoms with E-state index in [1.54, 1.807) is 23.2 Å². The number of hydrogen-bond donors (Lipinski definition) is 0. The minimum absolute atomic E-state index is 0.0194. The van der Waals surface area contributed by atoms with Crippen LogP contribution in [0.5, 0.6) is 0 Å². The summed E-state index contributed by atoms with van der Waals surface area (Å²) in [4.78, 5) is 32.8. The summed E-state index contributed by atoms with van der Waals surface area (Å²) in [6.07, 6.45) is 1.77. The Bertz CT molecular complexity index is 1370. The fourth-order valence-corrected chi connectivity index (χ4v) is 4.12. The number of pyridine rings is 1. The molecule has 1 aliphatic rings. The molecule has 1 fully saturated rings. The first kappa shape index (κ1) is 21.7. The van der Waals surface area contributed by atoms with Gasteiger partial charge in [-0.3, -0.25) is 19.9 Å². The van der Waals surface area contributed by atoms with Crippen LogP contribution < -0.4 is 4.90 Å². The number of benzene rings is 2. The Morgan fingerprint density at radius 3 is 2.56 bits per heavy atom. The highest BCUT2D eigenvalue weighted by atomic mass is 35.5. The summed E-state index contributed by atoms with van der Waals surface area (Å²) in [7, 11) is 0. The molecular formula is C22H19ClN8O3. The molecule has 0 radical (unpaired) electrons. The normalized spacial score (nSPS) is 13.9. The predicted molar refractivity (Wildman–Crippen MR) is 125 cm³/mol. The van der Waals surface area contributed by atoms with Gasteiger partial charge in [0.25, 0.3) is 5.69 Å². The smallest absolute Gasteiger partial charge is 0.269 e. The number of halogens is 1. The summed E-state index contributed by atoms with van der Waals surface area (Å²) in [6, 6.07) is 13.5. The molecule has 11 nitrogen and oxygen atoms in total. The molecule has 0 unspecified atom stereocenters. The summed E-state index contributed by atoms with van der Waals surface area (Å²) in [6.45, 7) is 2.48. The van der Waals surface area contributed by atoms with Crippen LogP contribution in [0.15, 0.2) is 54.7 Å². The summed E-state index contributed by atoms with van der Waals surface area (Å²) < 4.78 is 0. The SMILES string of the molecule is O=C(Cn1nnc(-c2ccc([N+](=O)[O-])cc2)n1)N1CCN(c2ccnc3cc(Cl)ccc23)CC1. The van der Waals surface area contributed by atoms with Crippen LogP contribution in [-0.2, 0) is 11.3 Å². The third-order valence-electron chi connectivity index (χ3n) is 5.72. The maximum absolute atomic E-state index is 12.8. The molecule has 172 valence electrons. The van der Waals surface area contributed by atoms with Crippen molar-refractivity contribution in [3.05, 3.63) is 69.9 Å². The fraction of sp³-hybridized carbons (Fsp3) is 0.227. The van der Waals surface area contributed by atoms with E-state index in [1.807, 2.05) is 24.3 Å². The van der Waals surface area contributed by atoms with Crippen molar-refractivity contribution in [1.82, 2.24) is 30.1 Å². The number of anilines is 1. The molecule has 2 aromatic heterocycles. The van der Waals surface area contributed by atoms with E-state index in [4.69, 9.17) is 11.6 Å². The monoisotopic (exact) mass is 478 g/mol. The second kappa shape index (κ2) is 9.02. The number of nitro benzene ring substituents is 1. The number of piperazine rings is 1. The second-order valence-corrected chi connectivity index (χ2v) is 8.24. The highest BCUT2D eigenvalue weighted by Gasteiger charge is 2.23. The number of non-ortho nitro benzene ring substituents is 1. The Morgan fingerprint density at radius 1 is 1.06 bits per heavy atom. The number of nitro groups is 1. The van der Waals surface area contributed by atoms with Crippen molar-refractivity contribution in [1.29, 1.82) is 0 Å². The highest BCUT2D eigenvalue weighted by molar-refractivity contribution is 6.31. The fourth-order valence-electron chi connectivity index (χ4n) is 3.96. The van der Waals surface area contributed by atoms with Crippen LogP contribution in [0.3, 0.4) is 0 Å². The minimum Gasteiger partial charge on any atom is -0.367 e. The lowest BCUT2D eigenvalue weighted by molar-refractivity contribution is -0.384. The number of tetrazole rings is 1. The largest absolute Gasteiger partial charge is 0.367 e. The standard InChI is InChI=1S/C22H19ClN8O3/c23-16-3-6-18-19(13-16)24-8-7-20(18)28-9-11-29(12-10-28)21(32)14-30-26-22(25-27-30)15-1-4-17(5-2-15)31(33)34/h1-8,13H,9-12,14H2. The van der Waals surface area contributed by atoms with Crippen LogP contribution in [0.2, 0.25) is 5.02 Å². The molecule has 1 amide bonds. The zero-order valence-corrected chi connectivity index (χ0v) is 18.7. The van der Waals surface area contributed by atoms with Crippen molar-refractivity contribution in [2.75, 3.05) is 31.1 Å². The molecular weight excluding hydrogens is 460 g/mol. The molecule has 12 heteroatoms. The molecule has 1 saturated heterocycles. The summed E-state index contributed by atoms with van der Waals surface area (Å²) in [5.41, 5.74) is 2.47. The number of carbonyl (C=O) groups is 1. The Morgan fingerprint density at radius 2 is 1.82 bits per heavy atom. The summed E-state index contributed by atoms with van der Waals surface area (Å²) >= 11 is 6.09. The number of amides is 1. The zero-order valence-electron chi connectivity index (χ0n) is 17.9. The van der Waals surface area contributed by atoms with Gasteiger partial charge in [-0.1, -0.05) is 11.6 Å². The molecule has 3 heterocycles. The van der Waals surface area contributed by atoms with Crippen LogP contribution >= 0.6 is 11.6 Å². The predicted octanol–water partition coefficient (Wildman–Crippen LogP) is 2.80. The number of aromatic nitrogens is 5. The first-order valence-corrected chi connectivity index (χ1v) is 11.0. The van der Waals surface area contributed by atoms with Gasteiger partial charge in [0.15, 0.2) is 0 Å². The van der Waals surface area contributed by atoms with Crippen LogP contribution in [0, 0.1) is 10.1 Å². The van der Waals surface area contributed by atoms with Gasteiger partial charge in [0, 0.05) is 66.2 Å². The second-order valence-electron chi connectivity index (χ2n) is 7.81. The van der Waals surface area contributed by atoms with E-state index in [-0.39, 0.29) is 18.1 Å². The van der Waals surface area contributed by atoms with Gasteiger partial charge in [-0.25, -0.2) is 0 Å². The molecule has 0 N–H and O–H groups in total. The van der Waals surface area contributed by atoms with Gasteiger partial charge in [0.1, 0.15) is 6.54 Å². The van der Waals surface area contributed by atoms with Gasteiger partial charge in [0.2, 0.25) is 11.7 Å². The molecule has 1 aliphatic heterocycles. The van der Waals surface area contributed by atoms with E-state index in [2.05, 4.69) is 25.3 Å². The van der Waals surface area contributed by atoms with Crippen molar-refractivity contribution >= 4 is 39.8 Å². The first-order chi connectivity index (χ1) is 16.5. The molecule has 4 aromatic rings. The Balaban J connectivity index is 1.21. The average molecular weight is 479 g/mol. The van der Waals surface area contributed by atoms with E-state index in [9.17, 15) is 14.9 Å². The maximum atomic E-state index is 12.8. The lowest BCUT2D eigenvalue weighted by atomic mass is 10.1. The Hall–Kier alpha value is -4.12. The molecule has 0 aliphatic carbocycles. The third kappa shape index (κ3) is 4.37. The molecule has 34 heavy (non-hydrogen) atoms. The van der Waals surface area contributed by atoms with Crippen molar-refractivity contribution < 1.29 is 9.72 Å². The van der Waals surface area contributed by atoms with E-state index in [0.717, 1.165) is 16.6 Å². The number of carbonyl (C=O) groups excluding carboxylic acids is 1. The number of nitrogens with zero attached hydrogens (tertiary/aromatic N) is 8. The minimum atomic E-state index is -0.473. The maximum Gasteiger partial charge on any atom is 0.269 e. The van der Waals surface area contributed by atoms with E-state index >= 15 is 0 Å². The third-order valence-corrected chi connectivity index (χ3v) is 5.96. The lowest BCUT2D eigenvalue weighted by Gasteiger charge is -2.36. The summed E-state index contributed by atoms with van der Waals surface area (Å²) in [5.74, 6) is 0.204. The van der Waals surface area contributed by atoms with Gasteiger partial charge in [-0.15, -0.1) is 10.2 Å². The summed E-state index contributed by atoms with van der Waals surface area (Å²) in [5, 5.41) is 24.6. The van der Waals surface area contributed by atoms with Crippen LogP contribution in [0.4, 0.5) is 11.4 Å². The average Bonchev–Trinajstić information content (AvgIpc) is 3.32. The van der Waals surface area contributed by atoms with E-state index < -0.39 is 4.92 Å². The molecule has 5 rings (SSSR count). The van der Waals surface area contributed by atoms with Gasteiger partial charge >= 0.3 is 0 Å². The lowest BCUT2D eigenvalue weighted by Crippen LogP contribution is -2.49. The molecule has 0 spiro atoms. The van der Waals surface area contributed by atoms with Gasteiger partial charge in [0.05, 0.1) is 10.4 Å². The topological polar surface area (TPSA) is 123 Å².